The highest BCUT2D eigenvalue weighted by Crippen LogP contribution is 2.20. The van der Waals surface area contributed by atoms with Crippen LogP contribution in [-0.2, 0) is 6.54 Å². The highest BCUT2D eigenvalue weighted by atomic mass is 35.5. The third-order valence-electron chi connectivity index (χ3n) is 3.45. The molecule has 0 aliphatic heterocycles. The average molecular weight is 332 g/mol. The van der Waals surface area contributed by atoms with E-state index in [0.717, 1.165) is 5.56 Å². The van der Waals surface area contributed by atoms with E-state index < -0.39 is 11.4 Å². The Hall–Kier alpha value is -2.53. The number of ether oxygens (including phenoxy) is 1. The van der Waals surface area contributed by atoms with E-state index in [2.05, 4.69) is 0 Å². The summed E-state index contributed by atoms with van der Waals surface area (Å²) >= 11 is 6.14. The van der Waals surface area contributed by atoms with Crippen molar-refractivity contribution in [2.45, 2.75) is 13.5 Å². The number of para-hydroxylation sites is 1. The summed E-state index contributed by atoms with van der Waals surface area (Å²) < 4.78 is 11.7. The number of halogens is 1. The van der Waals surface area contributed by atoms with Gasteiger partial charge >= 0.3 is 11.4 Å². The molecule has 0 unspecified atom stereocenters. The molecule has 3 aromatic rings. The van der Waals surface area contributed by atoms with Crippen molar-refractivity contribution in [2.24, 2.45) is 0 Å². The highest BCUT2D eigenvalue weighted by Gasteiger charge is 2.12. The second-order valence-electron chi connectivity index (χ2n) is 5.11. The molecule has 0 aliphatic rings. The molecule has 23 heavy (non-hydrogen) atoms. The summed E-state index contributed by atoms with van der Waals surface area (Å²) in [6.07, 6.45) is 0. The van der Waals surface area contributed by atoms with E-state index in [4.69, 9.17) is 20.8 Å². The molecule has 0 fully saturated rings. The molecule has 0 N–H and O–H groups in total. The van der Waals surface area contributed by atoms with Gasteiger partial charge in [0.05, 0.1) is 22.5 Å². The van der Waals surface area contributed by atoms with Gasteiger partial charge in [0.2, 0.25) is 0 Å². The zero-order valence-corrected chi connectivity index (χ0v) is 13.2. The molecule has 118 valence electrons. The Balaban J connectivity index is 1.91. The van der Waals surface area contributed by atoms with Crippen LogP contribution >= 0.6 is 11.6 Å². The fourth-order valence-corrected chi connectivity index (χ4v) is 2.67. The Morgan fingerprint density at radius 3 is 2.74 bits per heavy atom. The van der Waals surface area contributed by atoms with E-state index in [0.29, 0.717) is 16.3 Å². The summed E-state index contributed by atoms with van der Waals surface area (Å²) in [6, 6.07) is 12.4. The Morgan fingerprint density at radius 2 is 1.96 bits per heavy atom. The quantitative estimate of drug-likeness (QED) is 0.737. The smallest absolute Gasteiger partial charge is 0.422 e. The molecule has 3 rings (SSSR count). The molecular formula is C17H14ClNO4. The zero-order chi connectivity index (χ0) is 16.4. The van der Waals surface area contributed by atoms with Gasteiger partial charge in [0.25, 0.3) is 0 Å². The molecule has 2 aromatic carbocycles. The summed E-state index contributed by atoms with van der Waals surface area (Å²) in [6.45, 7) is 2.44. The Bertz CT molecular complexity index is 974. The van der Waals surface area contributed by atoms with Gasteiger partial charge in [-0.2, -0.15) is 0 Å². The second-order valence-corrected chi connectivity index (χ2v) is 5.52. The number of hydrogen-bond acceptors (Lipinski definition) is 4. The summed E-state index contributed by atoms with van der Waals surface area (Å²) in [7, 11) is 0. The first-order valence-corrected chi connectivity index (χ1v) is 7.46. The maximum absolute atomic E-state index is 12.0. The Labute approximate surface area is 136 Å². The predicted molar refractivity (Wildman–Crippen MR) is 88.4 cm³/mol. The molecule has 0 amide bonds. The van der Waals surface area contributed by atoms with Crippen LogP contribution in [0.25, 0.3) is 10.9 Å². The fourth-order valence-electron chi connectivity index (χ4n) is 2.40. The highest BCUT2D eigenvalue weighted by molar-refractivity contribution is 6.35. The van der Waals surface area contributed by atoms with Crippen molar-refractivity contribution < 1.29 is 9.15 Å². The lowest BCUT2D eigenvalue weighted by atomic mass is 10.2. The Kier molecular flexibility index (Phi) is 4.21. The van der Waals surface area contributed by atoms with Gasteiger partial charge in [0, 0.05) is 0 Å². The summed E-state index contributed by atoms with van der Waals surface area (Å²) in [5.41, 5.74) is 0.755. The van der Waals surface area contributed by atoms with Crippen LogP contribution in [0, 0.1) is 6.92 Å². The molecule has 6 heteroatoms. The minimum Gasteiger partial charge on any atom is -0.492 e. The topological polar surface area (TPSA) is 61.4 Å². The van der Waals surface area contributed by atoms with Crippen molar-refractivity contribution in [3.05, 3.63) is 74.0 Å². The van der Waals surface area contributed by atoms with Crippen molar-refractivity contribution in [1.29, 1.82) is 0 Å². The van der Waals surface area contributed by atoms with Crippen LogP contribution in [0.3, 0.4) is 0 Å². The van der Waals surface area contributed by atoms with Crippen molar-refractivity contribution in [1.82, 2.24) is 4.57 Å². The number of benzene rings is 2. The maximum Gasteiger partial charge on any atom is 0.422 e. The number of hydrogen-bond donors (Lipinski definition) is 0. The number of fused-ring (bicyclic) bond motifs is 1. The van der Waals surface area contributed by atoms with Crippen molar-refractivity contribution in [3.8, 4) is 5.75 Å². The van der Waals surface area contributed by atoms with Gasteiger partial charge in [-0.05, 0) is 36.8 Å². The first-order chi connectivity index (χ1) is 11.1. The SMILES string of the molecule is Cc1cccc(OCCn2c(=O)oc(=O)c3cccc(Cl)c32)c1. The number of aryl methyl sites for hydroxylation is 1. The summed E-state index contributed by atoms with van der Waals surface area (Å²) in [5, 5.41) is 0.593. The third kappa shape index (κ3) is 3.14. The molecule has 1 aromatic heterocycles. The molecule has 0 radical (unpaired) electrons. The molecule has 0 saturated heterocycles. The zero-order valence-electron chi connectivity index (χ0n) is 12.4. The van der Waals surface area contributed by atoms with Crippen LogP contribution in [0.4, 0.5) is 0 Å². The van der Waals surface area contributed by atoms with Crippen LogP contribution in [-0.4, -0.2) is 11.2 Å². The molecule has 0 aliphatic carbocycles. The van der Waals surface area contributed by atoms with Crippen molar-refractivity contribution in [3.63, 3.8) is 0 Å². The minimum atomic E-state index is -0.747. The lowest BCUT2D eigenvalue weighted by molar-refractivity contribution is 0.287. The van der Waals surface area contributed by atoms with Gasteiger partial charge in [0.15, 0.2) is 0 Å². The minimum absolute atomic E-state index is 0.219. The van der Waals surface area contributed by atoms with E-state index in [-0.39, 0.29) is 18.5 Å². The molecule has 5 nitrogen and oxygen atoms in total. The lowest BCUT2D eigenvalue weighted by Crippen LogP contribution is -2.27. The molecule has 0 spiro atoms. The molecular weight excluding hydrogens is 318 g/mol. The summed E-state index contributed by atoms with van der Waals surface area (Å²) in [4.78, 5) is 23.8. The van der Waals surface area contributed by atoms with E-state index >= 15 is 0 Å². The largest absolute Gasteiger partial charge is 0.492 e. The van der Waals surface area contributed by atoms with E-state index in [1.807, 2.05) is 31.2 Å². The van der Waals surface area contributed by atoms with Gasteiger partial charge in [-0.25, -0.2) is 9.59 Å². The van der Waals surface area contributed by atoms with E-state index in [1.165, 1.54) is 4.57 Å². The van der Waals surface area contributed by atoms with Crippen LogP contribution in [0.1, 0.15) is 5.56 Å². The first kappa shape index (κ1) is 15.4. The molecule has 0 bridgehead atoms. The van der Waals surface area contributed by atoms with Crippen LogP contribution in [0.15, 0.2) is 56.5 Å². The van der Waals surface area contributed by atoms with E-state index in [9.17, 15) is 9.59 Å². The number of aromatic nitrogens is 1. The molecule has 0 atom stereocenters. The van der Waals surface area contributed by atoms with Crippen LogP contribution < -0.4 is 16.1 Å². The van der Waals surface area contributed by atoms with Gasteiger partial charge < -0.3 is 9.15 Å². The van der Waals surface area contributed by atoms with Crippen molar-refractivity contribution in [2.75, 3.05) is 6.61 Å². The van der Waals surface area contributed by atoms with Gasteiger partial charge in [-0.3, -0.25) is 4.57 Å². The van der Waals surface area contributed by atoms with Gasteiger partial charge in [-0.1, -0.05) is 29.8 Å². The molecule has 0 saturated carbocycles. The van der Waals surface area contributed by atoms with E-state index in [1.54, 1.807) is 18.2 Å². The average Bonchev–Trinajstić information content (AvgIpc) is 2.51. The van der Waals surface area contributed by atoms with Gasteiger partial charge in [0.1, 0.15) is 12.4 Å². The van der Waals surface area contributed by atoms with Crippen molar-refractivity contribution >= 4 is 22.5 Å². The summed E-state index contributed by atoms with van der Waals surface area (Å²) in [5.74, 6) is -0.0331. The number of nitrogens with zero attached hydrogens (tertiary/aromatic N) is 1. The standard InChI is InChI=1S/C17H14ClNO4/c1-11-4-2-5-12(10-11)22-9-8-19-15-13(6-3-7-14(15)18)16(20)23-17(19)21/h2-7,10H,8-9H2,1H3. The van der Waals surface area contributed by atoms with Crippen LogP contribution in [0.5, 0.6) is 5.75 Å². The molecule has 1 heterocycles. The number of rotatable bonds is 4. The second kappa shape index (κ2) is 6.30. The van der Waals surface area contributed by atoms with Gasteiger partial charge in [-0.15, -0.1) is 0 Å². The monoisotopic (exact) mass is 331 g/mol. The predicted octanol–water partition coefficient (Wildman–Crippen LogP) is 3.00. The fraction of sp³-hybridized carbons (Fsp3) is 0.176. The normalized spacial score (nSPS) is 10.9. The van der Waals surface area contributed by atoms with Crippen LogP contribution in [0.2, 0.25) is 5.02 Å². The Morgan fingerprint density at radius 1 is 1.17 bits per heavy atom. The first-order valence-electron chi connectivity index (χ1n) is 7.08. The third-order valence-corrected chi connectivity index (χ3v) is 3.76. The lowest BCUT2D eigenvalue weighted by Gasteiger charge is -2.11. The maximum atomic E-state index is 12.0.